The molecule has 0 bridgehead atoms. The zero-order chi connectivity index (χ0) is 25.8. The average molecular weight is 489 g/mol. The Hall–Kier alpha value is -4.18. The summed E-state index contributed by atoms with van der Waals surface area (Å²) in [6, 6.07) is 18.7. The van der Waals surface area contributed by atoms with Gasteiger partial charge in [-0.1, -0.05) is 60.7 Å². The topological polar surface area (TPSA) is 136 Å². The number of carbonyl (C=O) groups is 2. The third-order valence-corrected chi connectivity index (χ3v) is 5.53. The number of hydrogen-bond donors (Lipinski definition) is 2. The molecular formula is C26H28N6O4. The van der Waals surface area contributed by atoms with E-state index >= 15 is 0 Å². The number of carbonyl (C=O) groups excluding carboxylic acids is 2. The van der Waals surface area contributed by atoms with Gasteiger partial charge in [-0.2, -0.15) is 10.2 Å². The first-order valence-corrected chi connectivity index (χ1v) is 11.5. The monoisotopic (exact) mass is 488 g/mol. The van der Waals surface area contributed by atoms with Gasteiger partial charge in [0.25, 0.3) is 0 Å². The molecule has 2 aromatic heterocycles. The molecule has 10 nitrogen and oxygen atoms in total. The molecule has 0 saturated heterocycles. The number of H-pyrrole nitrogens is 2. The Morgan fingerprint density at radius 2 is 1.28 bits per heavy atom. The molecule has 0 aliphatic carbocycles. The van der Waals surface area contributed by atoms with Crippen molar-refractivity contribution >= 4 is 11.8 Å². The summed E-state index contributed by atoms with van der Waals surface area (Å²) in [5.74, 6) is 0.0154. The van der Waals surface area contributed by atoms with E-state index in [1.807, 2.05) is 60.7 Å². The molecule has 36 heavy (non-hydrogen) atoms. The molecule has 0 radical (unpaired) electrons. The second kappa shape index (κ2) is 10.2. The number of ketones is 1. The van der Waals surface area contributed by atoms with Crippen molar-refractivity contribution in [2.75, 3.05) is 6.61 Å². The fourth-order valence-corrected chi connectivity index (χ4v) is 3.40. The van der Waals surface area contributed by atoms with Crippen molar-refractivity contribution in [3.63, 3.8) is 0 Å². The first-order valence-electron chi connectivity index (χ1n) is 11.5. The molecule has 4 rings (SSSR count). The first-order chi connectivity index (χ1) is 17.1. The number of esters is 1. The van der Waals surface area contributed by atoms with Crippen molar-refractivity contribution in [1.82, 2.24) is 30.4 Å². The van der Waals surface area contributed by atoms with Gasteiger partial charge in [0.15, 0.2) is 17.5 Å². The van der Waals surface area contributed by atoms with E-state index in [-0.39, 0.29) is 24.0 Å². The van der Waals surface area contributed by atoms with E-state index in [1.165, 1.54) is 0 Å². The van der Waals surface area contributed by atoms with Gasteiger partial charge in [-0.3, -0.25) is 15.0 Å². The molecule has 0 saturated carbocycles. The lowest BCUT2D eigenvalue weighted by atomic mass is 10.0. The normalized spacial score (nSPS) is 11.9. The molecule has 0 amide bonds. The summed E-state index contributed by atoms with van der Waals surface area (Å²) >= 11 is 0. The number of rotatable bonds is 10. The fourth-order valence-electron chi connectivity index (χ4n) is 3.40. The second-order valence-electron chi connectivity index (χ2n) is 9.33. The minimum absolute atomic E-state index is 0.0119. The number of benzene rings is 2. The highest BCUT2D eigenvalue weighted by molar-refractivity contribution is 5.99. The number of aromatic amines is 2. The van der Waals surface area contributed by atoms with Gasteiger partial charge in [0.2, 0.25) is 11.6 Å². The van der Waals surface area contributed by atoms with E-state index in [0.717, 1.165) is 11.1 Å². The predicted octanol–water partition coefficient (Wildman–Crippen LogP) is 4.26. The van der Waals surface area contributed by atoms with Gasteiger partial charge >= 0.3 is 5.97 Å². The summed E-state index contributed by atoms with van der Waals surface area (Å²) in [5, 5.41) is 13.6. The minimum atomic E-state index is -1.16. The number of nitrogens with zero attached hydrogens (tertiary/aromatic N) is 4. The van der Waals surface area contributed by atoms with Gasteiger partial charge in [0.1, 0.15) is 11.2 Å². The van der Waals surface area contributed by atoms with Crippen LogP contribution >= 0.6 is 0 Å². The zero-order valence-corrected chi connectivity index (χ0v) is 20.6. The highest BCUT2D eigenvalue weighted by Crippen LogP contribution is 2.22. The molecule has 0 unspecified atom stereocenters. The lowest BCUT2D eigenvalue weighted by Gasteiger charge is -2.28. The number of nitrogens with one attached hydrogen (secondary N) is 2. The molecule has 186 valence electrons. The average Bonchev–Trinajstić information content (AvgIpc) is 3.55. The molecule has 2 aromatic carbocycles. The summed E-state index contributed by atoms with van der Waals surface area (Å²) in [5.41, 5.74) is -0.445. The van der Waals surface area contributed by atoms with Crippen LogP contribution in [0.2, 0.25) is 0 Å². The first kappa shape index (κ1) is 24.9. The van der Waals surface area contributed by atoms with Crippen molar-refractivity contribution in [3.05, 3.63) is 72.3 Å². The summed E-state index contributed by atoms with van der Waals surface area (Å²) in [6.07, 6.45) is 0.348. The van der Waals surface area contributed by atoms with E-state index in [4.69, 9.17) is 9.47 Å². The van der Waals surface area contributed by atoms with E-state index < -0.39 is 17.2 Å². The van der Waals surface area contributed by atoms with Gasteiger partial charge in [-0.05, 0) is 27.7 Å². The molecule has 0 spiro atoms. The Labute approximate surface area is 208 Å². The lowest BCUT2D eigenvalue weighted by molar-refractivity contribution is -0.0446. The van der Waals surface area contributed by atoms with Crippen LogP contribution in [-0.2, 0) is 9.47 Å². The summed E-state index contributed by atoms with van der Waals surface area (Å²) < 4.78 is 11.5. The molecule has 4 aromatic rings. The van der Waals surface area contributed by atoms with Gasteiger partial charge in [-0.25, -0.2) is 14.8 Å². The smallest absolute Gasteiger partial charge is 0.376 e. The van der Waals surface area contributed by atoms with Crippen molar-refractivity contribution in [2.24, 2.45) is 0 Å². The number of Topliss-reactive ketones (excluding diaryl/α,β-unsaturated/α-hetero) is 1. The third-order valence-electron chi connectivity index (χ3n) is 5.53. The predicted molar refractivity (Wildman–Crippen MR) is 132 cm³/mol. The number of hydrogen-bond acceptors (Lipinski definition) is 8. The Kier molecular flexibility index (Phi) is 7.07. The molecular weight excluding hydrogens is 460 g/mol. The number of ether oxygens (including phenoxy) is 2. The molecule has 0 aliphatic rings. The molecule has 2 N–H and O–H groups in total. The SMILES string of the molecule is CC(C)(CCOC(C)(C)C(=O)c1nc(-c2ccccc2)n[nH]1)OC(=O)c1nc(-c2ccccc2)n[nH]1. The Morgan fingerprint density at radius 1 is 0.778 bits per heavy atom. The maximum absolute atomic E-state index is 13.0. The highest BCUT2D eigenvalue weighted by atomic mass is 16.6. The molecule has 0 aliphatic heterocycles. The van der Waals surface area contributed by atoms with Crippen LogP contribution in [0.15, 0.2) is 60.7 Å². The van der Waals surface area contributed by atoms with Crippen molar-refractivity contribution in [3.8, 4) is 22.8 Å². The molecule has 10 heteroatoms. The van der Waals surface area contributed by atoms with Gasteiger partial charge in [-0.15, -0.1) is 0 Å². The summed E-state index contributed by atoms with van der Waals surface area (Å²) in [7, 11) is 0. The van der Waals surface area contributed by atoms with Crippen LogP contribution < -0.4 is 0 Å². The third kappa shape index (κ3) is 5.89. The standard InChI is InChI=1S/C26H28N6O4/c1-25(2,36-24(34)23-28-21(30-32-23)18-13-9-6-10-14-18)15-16-35-26(3,4)19(33)22-27-20(29-31-22)17-11-7-5-8-12-17/h5-14H,15-16H2,1-4H3,(H,27,29,31)(H,28,30,32). The summed E-state index contributed by atoms with van der Waals surface area (Å²) in [4.78, 5) is 34.1. The zero-order valence-electron chi connectivity index (χ0n) is 20.6. The van der Waals surface area contributed by atoms with Crippen molar-refractivity contribution < 1.29 is 19.1 Å². The highest BCUT2D eigenvalue weighted by Gasteiger charge is 2.34. The largest absolute Gasteiger partial charge is 0.454 e. The fraction of sp³-hybridized carbons (Fsp3) is 0.308. The maximum atomic E-state index is 13.0. The van der Waals surface area contributed by atoms with Crippen LogP contribution in [0, 0.1) is 0 Å². The molecule has 2 heterocycles. The van der Waals surface area contributed by atoms with Crippen LogP contribution in [0.25, 0.3) is 22.8 Å². The van der Waals surface area contributed by atoms with Crippen molar-refractivity contribution in [2.45, 2.75) is 45.3 Å². The van der Waals surface area contributed by atoms with E-state index in [0.29, 0.717) is 18.1 Å². The van der Waals surface area contributed by atoms with Gasteiger partial charge < -0.3 is 9.47 Å². The van der Waals surface area contributed by atoms with Crippen LogP contribution in [-0.4, -0.2) is 59.9 Å². The van der Waals surface area contributed by atoms with Crippen LogP contribution in [0.1, 0.15) is 55.4 Å². The summed E-state index contributed by atoms with van der Waals surface area (Å²) in [6.45, 7) is 7.03. The minimum Gasteiger partial charge on any atom is -0.454 e. The van der Waals surface area contributed by atoms with E-state index in [9.17, 15) is 9.59 Å². The van der Waals surface area contributed by atoms with Gasteiger partial charge in [0.05, 0.1) is 6.61 Å². The Balaban J connectivity index is 1.31. The molecule has 0 fully saturated rings. The lowest BCUT2D eigenvalue weighted by Crippen LogP contribution is -2.38. The molecule has 0 atom stereocenters. The van der Waals surface area contributed by atoms with Crippen LogP contribution in [0.5, 0.6) is 0 Å². The van der Waals surface area contributed by atoms with Gasteiger partial charge in [0, 0.05) is 17.5 Å². The van der Waals surface area contributed by atoms with E-state index in [2.05, 4.69) is 30.4 Å². The van der Waals surface area contributed by atoms with Crippen molar-refractivity contribution in [1.29, 1.82) is 0 Å². The quantitative estimate of drug-likeness (QED) is 0.250. The maximum Gasteiger partial charge on any atom is 0.376 e. The Morgan fingerprint density at radius 3 is 1.83 bits per heavy atom. The Bertz CT molecular complexity index is 1330. The second-order valence-corrected chi connectivity index (χ2v) is 9.33. The van der Waals surface area contributed by atoms with Crippen LogP contribution in [0.3, 0.4) is 0 Å². The number of aromatic nitrogens is 6. The van der Waals surface area contributed by atoms with Crippen LogP contribution in [0.4, 0.5) is 0 Å². The van der Waals surface area contributed by atoms with E-state index in [1.54, 1.807) is 27.7 Å².